The summed E-state index contributed by atoms with van der Waals surface area (Å²) in [5.74, 6) is 0.765. The molecule has 0 saturated heterocycles. The van der Waals surface area contributed by atoms with Crippen LogP contribution >= 0.6 is 11.8 Å². The van der Waals surface area contributed by atoms with Gasteiger partial charge in [-0.05, 0) is 42.4 Å². The molecule has 0 aromatic heterocycles. The average molecular weight is 193 g/mol. The Labute approximate surface area is 84.2 Å². The van der Waals surface area contributed by atoms with E-state index < -0.39 is 0 Å². The second-order valence-corrected chi connectivity index (χ2v) is 6.00. The molecule has 70 valence electrons. The highest BCUT2D eigenvalue weighted by Gasteiger charge is 2.57. The van der Waals surface area contributed by atoms with Crippen molar-refractivity contribution in [3.05, 3.63) is 12.2 Å². The molecule has 0 aliphatic heterocycles. The maximum absolute atomic E-state index is 8.80. The zero-order valence-electron chi connectivity index (χ0n) is 8.26. The van der Waals surface area contributed by atoms with Gasteiger partial charge in [-0.3, -0.25) is 0 Å². The van der Waals surface area contributed by atoms with Crippen molar-refractivity contribution in [2.75, 3.05) is 0 Å². The van der Waals surface area contributed by atoms with Crippen LogP contribution in [0.4, 0.5) is 0 Å². The SMILES string of the molecule is C=C1C(C)(C)[C@@H]2CC[C@@]1(SC#N)C2. The summed E-state index contributed by atoms with van der Waals surface area (Å²) in [4.78, 5) is 0. The summed E-state index contributed by atoms with van der Waals surface area (Å²) in [6, 6.07) is 0. The van der Waals surface area contributed by atoms with Crippen molar-refractivity contribution in [2.24, 2.45) is 11.3 Å². The summed E-state index contributed by atoms with van der Waals surface area (Å²) in [5.41, 5.74) is 1.57. The fourth-order valence-electron chi connectivity index (χ4n) is 2.97. The molecule has 0 aromatic rings. The predicted octanol–water partition coefficient (Wildman–Crippen LogP) is 3.34. The van der Waals surface area contributed by atoms with E-state index in [0.717, 1.165) is 12.3 Å². The molecule has 0 radical (unpaired) electrons. The van der Waals surface area contributed by atoms with E-state index in [1.807, 2.05) is 0 Å². The first kappa shape index (κ1) is 9.15. The van der Waals surface area contributed by atoms with Gasteiger partial charge in [-0.25, -0.2) is 0 Å². The van der Waals surface area contributed by atoms with E-state index in [2.05, 4.69) is 25.8 Å². The molecule has 0 N–H and O–H groups in total. The van der Waals surface area contributed by atoms with Crippen molar-refractivity contribution >= 4 is 11.8 Å². The minimum atomic E-state index is 0.114. The van der Waals surface area contributed by atoms with Crippen molar-refractivity contribution < 1.29 is 0 Å². The molecule has 0 amide bonds. The number of hydrogen-bond acceptors (Lipinski definition) is 2. The highest BCUT2D eigenvalue weighted by Crippen LogP contribution is 2.65. The Balaban J connectivity index is 2.35. The molecular formula is C11H15NS. The largest absolute Gasteiger partial charge is 0.185 e. The van der Waals surface area contributed by atoms with Crippen molar-refractivity contribution in [3.8, 4) is 5.40 Å². The van der Waals surface area contributed by atoms with Crippen LogP contribution < -0.4 is 0 Å². The first-order chi connectivity index (χ1) is 6.03. The number of nitrogens with zero attached hydrogens (tertiary/aromatic N) is 1. The van der Waals surface area contributed by atoms with Crippen LogP contribution in [-0.4, -0.2) is 4.75 Å². The summed E-state index contributed by atoms with van der Waals surface area (Å²) in [5, 5.41) is 11.1. The number of hydrogen-bond donors (Lipinski definition) is 0. The Morgan fingerprint density at radius 1 is 1.62 bits per heavy atom. The third kappa shape index (κ3) is 1.00. The maximum Gasteiger partial charge on any atom is 0.134 e. The van der Waals surface area contributed by atoms with Crippen LogP contribution in [0, 0.1) is 22.0 Å². The Hall–Kier alpha value is -0.420. The van der Waals surface area contributed by atoms with Gasteiger partial charge in [0.15, 0.2) is 0 Å². The molecule has 1 nitrogen and oxygen atoms in total. The molecule has 2 rings (SSSR count). The zero-order valence-corrected chi connectivity index (χ0v) is 9.08. The lowest BCUT2D eigenvalue weighted by Crippen LogP contribution is -2.29. The quantitative estimate of drug-likeness (QED) is 0.471. The molecule has 2 aliphatic carbocycles. The minimum absolute atomic E-state index is 0.114. The van der Waals surface area contributed by atoms with Gasteiger partial charge in [0.25, 0.3) is 0 Å². The van der Waals surface area contributed by atoms with E-state index in [1.165, 1.54) is 30.2 Å². The molecular weight excluding hydrogens is 178 g/mol. The standard InChI is InChI=1S/C11H15NS/c1-8-10(2,3)9-4-5-11(8,6-9)13-7-12/h9H,1,4-6H2,2-3H3/t9-,11-/m1/s1. The fourth-order valence-corrected chi connectivity index (χ4v) is 4.04. The van der Waals surface area contributed by atoms with E-state index in [9.17, 15) is 0 Å². The van der Waals surface area contributed by atoms with Gasteiger partial charge in [0.05, 0.1) is 4.75 Å². The molecule has 2 heteroatoms. The molecule has 0 spiro atoms. The average Bonchev–Trinajstić information content (AvgIpc) is 2.55. The molecule has 2 saturated carbocycles. The Kier molecular flexibility index (Phi) is 1.79. The highest BCUT2D eigenvalue weighted by atomic mass is 32.2. The van der Waals surface area contributed by atoms with Crippen LogP contribution in [0.2, 0.25) is 0 Å². The van der Waals surface area contributed by atoms with Crippen molar-refractivity contribution in [1.29, 1.82) is 5.26 Å². The molecule has 0 aromatic carbocycles. The van der Waals surface area contributed by atoms with Crippen LogP contribution in [0.5, 0.6) is 0 Å². The van der Waals surface area contributed by atoms with Crippen molar-refractivity contribution in [2.45, 2.75) is 37.9 Å². The van der Waals surface area contributed by atoms with Crippen LogP contribution in [0.25, 0.3) is 0 Å². The van der Waals surface area contributed by atoms with Crippen LogP contribution in [0.15, 0.2) is 12.2 Å². The topological polar surface area (TPSA) is 23.8 Å². The van der Waals surface area contributed by atoms with Crippen LogP contribution in [-0.2, 0) is 0 Å². The summed E-state index contributed by atoms with van der Waals surface area (Å²) >= 11 is 1.44. The molecule has 2 atom stereocenters. The summed E-state index contributed by atoms with van der Waals surface area (Å²) in [6.45, 7) is 8.76. The highest BCUT2D eigenvalue weighted by molar-refractivity contribution is 8.05. The van der Waals surface area contributed by atoms with Crippen molar-refractivity contribution in [3.63, 3.8) is 0 Å². The first-order valence-electron chi connectivity index (χ1n) is 4.80. The Morgan fingerprint density at radius 3 is 2.77 bits per heavy atom. The maximum atomic E-state index is 8.80. The van der Waals surface area contributed by atoms with E-state index in [-0.39, 0.29) is 10.2 Å². The zero-order chi connectivity index (χ0) is 9.69. The lowest BCUT2D eigenvalue weighted by atomic mass is 9.73. The van der Waals surface area contributed by atoms with Crippen LogP contribution in [0.1, 0.15) is 33.1 Å². The van der Waals surface area contributed by atoms with Gasteiger partial charge in [-0.2, -0.15) is 5.26 Å². The molecule has 2 fully saturated rings. The Bertz CT molecular complexity index is 300. The minimum Gasteiger partial charge on any atom is -0.185 e. The number of nitriles is 1. The van der Waals surface area contributed by atoms with E-state index in [1.54, 1.807) is 0 Å². The second kappa shape index (κ2) is 2.54. The van der Waals surface area contributed by atoms with E-state index in [4.69, 9.17) is 5.26 Å². The summed E-state index contributed by atoms with van der Waals surface area (Å²) < 4.78 is 0.114. The van der Waals surface area contributed by atoms with Gasteiger partial charge in [0.1, 0.15) is 5.40 Å². The van der Waals surface area contributed by atoms with E-state index in [0.29, 0.717) is 0 Å². The number of thiocyanates is 1. The van der Waals surface area contributed by atoms with E-state index >= 15 is 0 Å². The lowest BCUT2D eigenvalue weighted by molar-refractivity contribution is 0.291. The first-order valence-corrected chi connectivity index (χ1v) is 5.61. The molecule has 2 aliphatic rings. The molecule has 0 unspecified atom stereocenters. The number of thioether (sulfide) groups is 1. The number of rotatable bonds is 1. The summed E-state index contributed by atoms with van der Waals surface area (Å²) in [6.07, 6.45) is 3.62. The fraction of sp³-hybridized carbons (Fsp3) is 0.727. The van der Waals surface area contributed by atoms with Gasteiger partial charge in [0.2, 0.25) is 0 Å². The van der Waals surface area contributed by atoms with Gasteiger partial charge in [0, 0.05) is 0 Å². The third-order valence-electron chi connectivity index (χ3n) is 4.06. The van der Waals surface area contributed by atoms with Gasteiger partial charge >= 0.3 is 0 Å². The van der Waals surface area contributed by atoms with Gasteiger partial charge in [-0.15, -0.1) is 0 Å². The van der Waals surface area contributed by atoms with Gasteiger partial charge in [-0.1, -0.05) is 26.0 Å². The smallest absolute Gasteiger partial charge is 0.134 e. The van der Waals surface area contributed by atoms with Crippen LogP contribution in [0.3, 0.4) is 0 Å². The third-order valence-corrected chi connectivity index (χ3v) is 5.16. The molecule has 2 bridgehead atoms. The van der Waals surface area contributed by atoms with Crippen molar-refractivity contribution in [1.82, 2.24) is 0 Å². The van der Waals surface area contributed by atoms with Gasteiger partial charge < -0.3 is 0 Å². The molecule has 13 heavy (non-hydrogen) atoms. The monoisotopic (exact) mass is 193 g/mol. The summed E-state index contributed by atoms with van der Waals surface area (Å²) in [7, 11) is 0. The second-order valence-electron chi connectivity index (χ2n) is 4.83. The lowest BCUT2D eigenvalue weighted by Gasteiger charge is -2.36. The predicted molar refractivity (Wildman–Crippen MR) is 56.2 cm³/mol. The Morgan fingerprint density at radius 2 is 2.31 bits per heavy atom. The normalized spacial score (nSPS) is 40.7. The number of fused-ring (bicyclic) bond motifs is 2. The molecule has 0 heterocycles.